The second kappa shape index (κ2) is 5.80. The number of ether oxygens (including phenoxy) is 1. The molecule has 98 valence electrons. The molecule has 1 atom stereocenters. The normalized spacial score (nSPS) is 19.3. The molecule has 1 aromatic carbocycles. The van der Waals surface area contributed by atoms with Crippen LogP contribution in [0, 0.1) is 11.7 Å². The van der Waals surface area contributed by atoms with Crippen LogP contribution in [0.1, 0.15) is 16.8 Å². The molecule has 1 heterocycles. The van der Waals surface area contributed by atoms with Gasteiger partial charge in [-0.15, -0.1) is 0 Å². The number of likely N-dealkylation sites (tertiary alicyclic amines) is 1. The summed E-state index contributed by atoms with van der Waals surface area (Å²) in [5.74, 6) is -0.361. The fraction of sp³-hybridized carbons (Fsp3) is 0.462. The average molecular weight is 316 g/mol. The highest BCUT2D eigenvalue weighted by Crippen LogP contribution is 2.22. The van der Waals surface area contributed by atoms with E-state index in [9.17, 15) is 9.18 Å². The Labute approximate surface area is 114 Å². The van der Waals surface area contributed by atoms with Crippen LogP contribution in [0.15, 0.2) is 22.7 Å². The van der Waals surface area contributed by atoms with Crippen LogP contribution in [0.4, 0.5) is 4.39 Å². The molecule has 0 aliphatic carbocycles. The van der Waals surface area contributed by atoms with Gasteiger partial charge in [0.2, 0.25) is 0 Å². The number of hydrogen-bond donors (Lipinski definition) is 0. The van der Waals surface area contributed by atoms with Crippen LogP contribution in [-0.4, -0.2) is 37.6 Å². The van der Waals surface area contributed by atoms with E-state index in [1.807, 2.05) is 0 Å². The Morgan fingerprint density at radius 3 is 3.11 bits per heavy atom. The standard InChI is InChI=1S/C13H15BrFNO2/c1-18-8-9-4-5-16(7-9)13(17)11-6-10(14)2-3-12(11)15/h2-3,6,9H,4-5,7-8H2,1H3. The van der Waals surface area contributed by atoms with Gasteiger partial charge in [0, 0.05) is 30.6 Å². The summed E-state index contributed by atoms with van der Waals surface area (Å²) < 4.78 is 19.4. The summed E-state index contributed by atoms with van der Waals surface area (Å²) in [5, 5.41) is 0. The molecule has 1 fully saturated rings. The topological polar surface area (TPSA) is 29.5 Å². The maximum Gasteiger partial charge on any atom is 0.256 e. The van der Waals surface area contributed by atoms with Crippen molar-refractivity contribution in [2.75, 3.05) is 26.8 Å². The lowest BCUT2D eigenvalue weighted by Crippen LogP contribution is -2.30. The molecular formula is C13H15BrFNO2. The summed E-state index contributed by atoms with van der Waals surface area (Å²) in [6, 6.07) is 4.42. The van der Waals surface area contributed by atoms with Crippen molar-refractivity contribution in [3.05, 3.63) is 34.1 Å². The summed E-state index contributed by atoms with van der Waals surface area (Å²) >= 11 is 3.25. The molecule has 1 aliphatic heterocycles. The van der Waals surface area contributed by atoms with Gasteiger partial charge in [-0.25, -0.2) is 4.39 Å². The molecule has 1 aromatic rings. The lowest BCUT2D eigenvalue weighted by atomic mass is 10.1. The van der Waals surface area contributed by atoms with Crippen LogP contribution in [0.2, 0.25) is 0 Å². The number of carbonyl (C=O) groups is 1. The Morgan fingerprint density at radius 2 is 2.39 bits per heavy atom. The molecule has 3 nitrogen and oxygen atoms in total. The largest absolute Gasteiger partial charge is 0.384 e. The zero-order valence-electron chi connectivity index (χ0n) is 10.2. The highest BCUT2D eigenvalue weighted by molar-refractivity contribution is 9.10. The minimum absolute atomic E-state index is 0.127. The van der Waals surface area contributed by atoms with Crippen LogP contribution >= 0.6 is 15.9 Å². The first-order valence-electron chi connectivity index (χ1n) is 5.85. The summed E-state index contributed by atoms with van der Waals surface area (Å²) in [5.41, 5.74) is 0.127. The van der Waals surface area contributed by atoms with Gasteiger partial charge in [0.15, 0.2) is 0 Å². The SMILES string of the molecule is COCC1CCN(C(=O)c2cc(Br)ccc2F)C1. The maximum atomic E-state index is 13.6. The monoisotopic (exact) mass is 315 g/mol. The van der Waals surface area contributed by atoms with E-state index in [1.165, 1.54) is 12.1 Å². The Kier molecular flexibility index (Phi) is 4.35. The first-order valence-corrected chi connectivity index (χ1v) is 6.64. The first kappa shape index (κ1) is 13.5. The number of halogens is 2. The van der Waals surface area contributed by atoms with Crippen molar-refractivity contribution in [3.8, 4) is 0 Å². The lowest BCUT2D eigenvalue weighted by Gasteiger charge is -2.17. The average Bonchev–Trinajstić information content (AvgIpc) is 2.80. The van der Waals surface area contributed by atoms with Gasteiger partial charge in [0.1, 0.15) is 5.82 Å². The van der Waals surface area contributed by atoms with Gasteiger partial charge in [-0.1, -0.05) is 15.9 Å². The molecule has 0 radical (unpaired) electrons. The number of methoxy groups -OCH3 is 1. The van der Waals surface area contributed by atoms with Crippen molar-refractivity contribution >= 4 is 21.8 Å². The Hall–Kier alpha value is -0.940. The highest BCUT2D eigenvalue weighted by atomic mass is 79.9. The van der Waals surface area contributed by atoms with Gasteiger partial charge in [0.25, 0.3) is 5.91 Å². The molecule has 1 aliphatic rings. The van der Waals surface area contributed by atoms with Crippen LogP contribution in [0.25, 0.3) is 0 Å². The van der Waals surface area contributed by atoms with Crippen molar-refractivity contribution < 1.29 is 13.9 Å². The number of hydrogen-bond acceptors (Lipinski definition) is 2. The molecule has 1 amide bonds. The van der Waals surface area contributed by atoms with E-state index in [2.05, 4.69) is 15.9 Å². The van der Waals surface area contributed by atoms with Crippen LogP contribution in [-0.2, 0) is 4.74 Å². The maximum absolute atomic E-state index is 13.6. The molecule has 0 aromatic heterocycles. The quantitative estimate of drug-likeness (QED) is 0.858. The molecule has 0 bridgehead atoms. The molecule has 0 N–H and O–H groups in total. The van der Waals surface area contributed by atoms with Crippen LogP contribution < -0.4 is 0 Å². The highest BCUT2D eigenvalue weighted by Gasteiger charge is 2.28. The third-order valence-corrected chi connectivity index (χ3v) is 3.63. The van der Waals surface area contributed by atoms with E-state index in [0.717, 1.165) is 6.42 Å². The number of amides is 1. The number of rotatable bonds is 3. The van der Waals surface area contributed by atoms with E-state index in [1.54, 1.807) is 18.1 Å². The first-order chi connectivity index (χ1) is 8.61. The second-order valence-corrected chi connectivity index (χ2v) is 5.40. The van der Waals surface area contributed by atoms with Gasteiger partial charge in [0.05, 0.1) is 12.2 Å². The van der Waals surface area contributed by atoms with E-state index < -0.39 is 5.82 Å². The zero-order valence-corrected chi connectivity index (χ0v) is 11.7. The number of benzene rings is 1. The smallest absolute Gasteiger partial charge is 0.256 e. The predicted octanol–water partition coefficient (Wildman–Crippen LogP) is 2.70. The van der Waals surface area contributed by atoms with E-state index >= 15 is 0 Å². The third kappa shape index (κ3) is 2.90. The van der Waals surface area contributed by atoms with Gasteiger partial charge in [-0.05, 0) is 24.6 Å². The van der Waals surface area contributed by atoms with Crippen molar-refractivity contribution in [2.24, 2.45) is 5.92 Å². The predicted molar refractivity (Wildman–Crippen MR) is 70.0 cm³/mol. The summed E-state index contributed by atoms with van der Waals surface area (Å²) in [7, 11) is 1.65. The fourth-order valence-electron chi connectivity index (χ4n) is 2.22. The molecular weight excluding hydrogens is 301 g/mol. The molecule has 1 saturated heterocycles. The van der Waals surface area contributed by atoms with Crippen molar-refractivity contribution in [3.63, 3.8) is 0 Å². The van der Waals surface area contributed by atoms with E-state index in [-0.39, 0.29) is 11.5 Å². The van der Waals surface area contributed by atoms with Crippen LogP contribution in [0.3, 0.4) is 0 Å². The lowest BCUT2D eigenvalue weighted by molar-refractivity contribution is 0.0771. The van der Waals surface area contributed by atoms with Gasteiger partial charge >= 0.3 is 0 Å². The molecule has 5 heteroatoms. The molecule has 1 unspecified atom stereocenters. The van der Waals surface area contributed by atoms with Gasteiger partial charge in [-0.2, -0.15) is 0 Å². The number of carbonyl (C=O) groups excluding carboxylic acids is 1. The summed E-state index contributed by atoms with van der Waals surface area (Å²) in [4.78, 5) is 13.9. The fourth-order valence-corrected chi connectivity index (χ4v) is 2.58. The molecule has 0 spiro atoms. The van der Waals surface area contributed by atoms with Crippen molar-refractivity contribution in [2.45, 2.75) is 6.42 Å². The Balaban J connectivity index is 2.10. The van der Waals surface area contributed by atoms with Crippen molar-refractivity contribution in [1.29, 1.82) is 0 Å². The van der Waals surface area contributed by atoms with Crippen molar-refractivity contribution in [1.82, 2.24) is 4.90 Å². The number of nitrogens with zero attached hydrogens (tertiary/aromatic N) is 1. The molecule has 2 rings (SSSR count). The molecule has 18 heavy (non-hydrogen) atoms. The molecule has 0 saturated carbocycles. The Morgan fingerprint density at radius 1 is 1.61 bits per heavy atom. The Bertz CT molecular complexity index is 453. The summed E-state index contributed by atoms with van der Waals surface area (Å²) in [6.07, 6.45) is 0.912. The van der Waals surface area contributed by atoms with Gasteiger partial charge < -0.3 is 9.64 Å². The summed E-state index contributed by atoms with van der Waals surface area (Å²) in [6.45, 7) is 1.95. The van der Waals surface area contributed by atoms with Gasteiger partial charge in [-0.3, -0.25) is 4.79 Å². The van der Waals surface area contributed by atoms with E-state index in [0.29, 0.717) is 30.1 Å². The van der Waals surface area contributed by atoms with E-state index in [4.69, 9.17) is 4.74 Å². The van der Waals surface area contributed by atoms with Crippen LogP contribution in [0.5, 0.6) is 0 Å². The minimum Gasteiger partial charge on any atom is -0.384 e. The zero-order chi connectivity index (χ0) is 13.1. The third-order valence-electron chi connectivity index (χ3n) is 3.13. The second-order valence-electron chi connectivity index (χ2n) is 4.49. The minimum atomic E-state index is -0.474.